The molecule has 0 saturated heterocycles. The summed E-state index contributed by atoms with van der Waals surface area (Å²) in [6.45, 7) is 2.87. The molecular weight excluding hydrogens is 270 g/mol. The topological polar surface area (TPSA) is 60.0 Å². The van der Waals surface area contributed by atoms with E-state index in [9.17, 15) is 0 Å². The van der Waals surface area contributed by atoms with E-state index in [2.05, 4.69) is 29.3 Å². The minimum Gasteiger partial charge on any atom is -0.377 e. The van der Waals surface area contributed by atoms with E-state index in [4.69, 9.17) is 10.5 Å². The van der Waals surface area contributed by atoms with Crippen molar-refractivity contribution in [2.24, 2.45) is 15.9 Å². The van der Waals surface area contributed by atoms with Gasteiger partial charge in [-0.25, -0.2) is 0 Å². The van der Waals surface area contributed by atoms with Crippen LogP contribution in [0.3, 0.4) is 0 Å². The number of hydrogen-bond donors (Lipinski definition) is 1. The Kier molecular flexibility index (Phi) is 6.08. The lowest BCUT2D eigenvalue weighted by atomic mass is 10.1. The van der Waals surface area contributed by atoms with Gasteiger partial charge < -0.3 is 10.5 Å². The fourth-order valence-corrected chi connectivity index (χ4v) is 2.58. The van der Waals surface area contributed by atoms with Crippen LogP contribution in [0.1, 0.15) is 37.9 Å². The number of unbranched alkanes of at least 4 members (excludes halogenated alkanes) is 1. The van der Waals surface area contributed by atoms with Gasteiger partial charge >= 0.3 is 0 Å². The Morgan fingerprint density at radius 3 is 2.75 bits per heavy atom. The number of ether oxygens (including phenoxy) is 1. The van der Waals surface area contributed by atoms with Crippen LogP contribution in [0.25, 0.3) is 0 Å². The van der Waals surface area contributed by atoms with Gasteiger partial charge in [0.1, 0.15) is 0 Å². The number of benzene rings is 1. The molecule has 1 aliphatic heterocycles. The quantitative estimate of drug-likeness (QED) is 0.784. The van der Waals surface area contributed by atoms with Crippen LogP contribution in [0.4, 0.5) is 0 Å². The number of nitrogens with two attached hydrogens (primary N) is 1. The van der Waals surface area contributed by atoms with Gasteiger partial charge in [0.25, 0.3) is 0 Å². The van der Waals surface area contributed by atoms with Gasteiger partial charge in [-0.1, -0.05) is 42.1 Å². The molecule has 0 aliphatic carbocycles. The molecule has 0 aromatic heterocycles. The molecule has 4 nitrogen and oxygen atoms in total. The maximum Gasteiger partial charge on any atom is 0.180 e. The summed E-state index contributed by atoms with van der Waals surface area (Å²) in [5.41, 5.74) is 7.90. The van der Waals surface area contributed by atoms with Crippen molar-refractivity contribution in [3.63, 3.8) is 0 Å². The van der Waals surface area contributed by atoms with E-state index in [1.54, 1.807) is 11.8 Å². The predicted octanol–water partition coefficient (Wildman–Crippen LogP) is 3.35. The SMILES string of the molecule is CC(OCCCCC1=NN=C(N)SC1)c1ccccc1. The van der Waals surface area contributed by atoms with E-state index in [-0.39, 0.29) is 6.10 Å². The minimum absolute atomic E-state index is 0.156. The summed E-state index contributed by atoms with van der Waals surface area (Å²) in [7, 11) is 0. The number of thioether (sulfide) groups is 1. The van der Waals surface area contributed by atoms with E-state index in [1.165, 1.54) is 5.56 Å². The van der Waals surface area contributed by atoms with Crippen molar-refractivity contribution < 1.29 is 4.74 Å². The van der Waals surface area contributed by atoms with Gasteiger partial charge in [0.05, 0.1) is 11.8 Å². The highest BCUT2D eigenvalue weighted by Gasteiger charge is 2.08. The molecule has 1 unspecified atom stereocenters. The van der Waals surface area contributed by atoms with Crippen LogP contribution < -0.4 is 5.73 Å². The summed E-state index contributed by atoms with van der Waals surface area (Å²) in [6.07, 6.45) is 3.26. The molecule has 2 N–H and O–H groups in total. The fourth-order valence-electron chi connectivity index (χ4n) is 1.97. The van der Waals surface area contributed by atoms with Crippen molar-refractivity contribution in [1.29, 1.82) is 0 Å². The highest BCUT2D eigenvalue weighted by molar-refractivity contribution is 8.14. The summed E-state index contributed by atoms with van der Waals surface area (Å²) >= 11 is 1.56. The van der Waals surface area contributed by atoms with E-state index in [1.807, 2.05) is 18.2 Å². The Labute approximate surface area is 124 Å². The summed E-state index contributed by atoms with van der Waals surface area (Å²) in [6, 6.07) is 10.3. The van der Waals surface area contributed by atoms with Crippen molar-refractivity contribution in [1.82, 2.24) is 0 Å². The summed E-state index contributed by atoms with van der Waals surface area (Å²) in [4.78, 5) is 0. The van der Waals surface area contributed by atoms with Crippen molar-refractivity contribution in [2.45, 2.75) is 32.3 Å². The average molecular weight is 291 g/mol. The van der Waals surface area contributed by atoms with E-state index >= 15 is 0 Å². The van der Waals surface area contributed by atoms with E-state index < -0.39 is 0 Å². The molecule has 20 heavy (non-hydrogen) atoms. The predicted molar refractivity (Wildman–Crippen MR) is 86.2 cm³/mol. The normalized spacial score (nSPS) is 16.4. The summed E-state index contributed by atoms with van der Waals surface area (Å²) in [5.74, 6) is 0.872. The molecule has 0 spiro atoms. The lowest BCUT2D eigenvalue weighted by molar-refractivity contribution is 0.0633. The monoisotopic (exact) mass is 291 g/mol. The van der Waals surface area contributed by atoms with Gasteiger partial charge in [-0.2, -0.15) is 5.10 Å². The molecule has 1 aromatic carbocycles. The van der Waals surface area contributed by atoms with Crippen LogP contribution in [-0.4, -0.2) is 23.2 Å². The van der Waals surface area contributed by atoms with Crippen LogP contribution in [0.15, 0.2) is 40.5 Å². The van der Waals surface area contributed by atoms with Crippen LogP contribution in [0.5, 0.6) is 0 Å². The second-order valence-corrected chi connectivity index (χ2v) is 5.77. The average Bonchev–Trinajstić information content (AvgIpc) is 2.49. The fraction of sp³-hybridized carbons (Fsp3) is 0.467. The first-order valence-electron chi connectivity index (χ1n) is 6.94. The first-order chi connectivity index (χ1) is 9.75. The molecule has 0 amide bonds. The number of amidine groups is 1. The van der Waals surface area contributed by atoms with Gasteiger partial charge in [0.2, 0.25) is 0 Å². The molecule has 1 aliphatic rings. The first-order valence-corrected chi connectivity index (χ1v) is 7.92. The highest BCUT2D eigenvalue weighted by Crippen LogP contribution is 2.17. The van der Waals surface area contributed by atoms with E-state index in [0.29, 0.717) is 5.17 Å². The standard InChI is InChI=1S/C15H21N3OS/c1-12(13-7-3-2-4-8-13)19-10-6-5-9-14-11-20-15(16)18-17-14/h2-4,7-8,12H,5-6,9-11H2,1H3,(H2,16,18). The van der Waals surface area contributed by atoms with Crippen molar-refractivity contribution in [3.05, 3.63) is 35.9 Å². The van der Waals surface area contributed by atoms with Crippen molar-refractivity contribution in [2.75, 3.05) is 12.4 Å². The molecule has 0 bridgehead atoms. The van der Waals surface area contributed by atoms with Crippen LogP contribution in [0.2, 0.25) is 0 Å². The largest absolute Gasteiger partial charge is 0.377 e. The first kappa shape index (κ1) is 15.1. The third-order valence-electron chi connectivity index (χ3n) is 3.17. The molecule has 108 valence electrons. The lowest BCUT2D eigenvalue weighted by Crippen LogP contribution is -2.15. The molecule has 1 heterocycles. The Balaban J connectivity index is 1.60. The molecule has 0 saturated carbocycles. The summed E-state index contributed by atoms with van der Waals surface area (Å²) < 4.78 is 5.84. The Morgan fingerprint density at radius 1 is 1.25 bits per heavy atom. The molecule has 1 aromatic rings. The molecule has 5 heteroatoms. The van der Waals surface area contributed by atoms with Crippen LogP contribution >= 0.6 is 11.8 Å². The highest BCUT2D eigenvalue weighted by atomic mass is 32.2. The number of nitrogens with zero attached hydrogens (tertiary/aromatic N) is 2. The van der Waals surface area contributed by atoms with Gasteiger partial charge in [0, 0.05) is 12.4 Å². The molecular formula is C15H21N3OS. The zero-order valence-corrected chi connectivity index (χ0v) is 12.6. The smallest absolute Gasteiger partial charge is 0.180 e. The zero-order chi connectivity index (χ0) is 14.2. The molecule has 2 rings (SSSR count). The second kappa shape index (κ2) is 8.07. The maximum atomic E-state index is 5.84. The number of hydrogen-bond acceptors (Lipinski definition) is 5. The zero-order valence-electron chi connectivity index (χ0n) is 11.8. The molecule has 0 radical (unpaired) electrons. The van der Waals surface area contributed by atoms with Crippen molar-refractivity contribution >= 4 is 22.6 Å². The Morgan fingerprint density at radius 2 is 2.05 bits per heavy atom. The van der Waals surface area contributed by atoms with Gasteiger partial charge in [-0.15, -0.1) is 5.10 Å². The molecule has 0 fully saturated rings. The maximum absolute atomic E-state index is 5.84. The third-order valence-corrected chi connectivity index (χ3v) is 4.03. The van der Waals surface area contributed by atoms with Crippen LogP contribution in [-0.2, 0) is 4.74 Å². The van der Waals surface area contributed by atoms with Gasteiger partial charge in [-0.3, -0.25) is 0 Å². The molecule has 1 atom stereocenters. The lowest BCUT2D eigenvalue weighted by Gasteiger charge is -2.13. The second-order valence-electron chi connectivity index (χ2n) is 4.77. The van der Waals surface area contributed by atoms with Gasteiger partial charge in [0.15, 0.2) is 5.17 Å². The Hall–Kier alpha value is -1.33. The minimum atomic E-state index is 0.156. The number of rotatable bonds is 7. The summed E-state index contributed by atoms with van der Waals surface area (Å²) in [5, 5.41) is 8.56. The van der Waals surface area contributed by atoms with E-state index in [0.717, 1.165) is 37.3 Å². The van der Waals surface area contributed by atoms with Gasteiger partial charge in [-0.05, 0) is 31.7 Å². The third kappa shape index (κ3) is 4.98. The Bertz CT molecular complexity index is 473. The van der Waals surface area contributed by atoms with Crippen molar-refractivity contribution in [3.8, 4) is 0 Å². The van der Waals surface area contributed by atoms with Crippen LogP contribution in [0, 0.1) is 0 Å².